The Labute approximate surface area is 60.6 Å². The van der Waals surface area contributed by atoms with Crippen LogP contribution in [0.1, 0.15) is 13.3 Å². The third-order valence-electron chi connectivity index (χ3n) is 1.61. The molecule has 0 saturated carbocycles. The average molecular weight is 134 g/mol. The van der Waals surface area contributed by atoms with E-state index >= 15 is 0 Å². The van der Waals surface area contributed by atoms with E-state index in [-0.39, 0.29) is 6.04 Å². The van der Waals surface area contributed by atoms with Gasteiger partial charge in [-0.05, 0) is 19.4 Å². The van der Waals surface area contributed by atoms with Gasteiger partial charge in [-0.1, -0.05) is 11.6 Å². The first-order valence-corrected chi connectivity index (χ1v) is 3.28. The van der Waals surface area contributed by atoms with Gasteiger partial charge in [0, 0.05) is 11.6 Å². The number of hydrogen-bond acceptors (Lipinski definition) is 2. The Bertz CT molecular complexity index is 230. The van der Waals surface area contributed by atoms with Crippen molar-refractivity contribution in [3.05, 3.63) is 23.3 Å². The highest BCUT2D eigenvalue weighted by Gasteiger charge is 2.10. The van der Waals surface area contributed by atoms with Crippen LogP contribution in [0.3, 0.4) is 0 Å². The minimum atomic E-state index is -0.0753. The predicted octanol–water partition coefficient (Wildman–Crippen LogP) is 1.11. The summed E-state index contributed by atoms with van der Waals surface area (Å²) in [5.41, 5.74) is 7.45. The maximum absolute atomic E-state index is 8.55. The van der Waals surface area contributed by atoms with Crippen LogP contribution in [-0.2, 0) is 0 Å². The molecule has 0 aromatic carbocycles. The molecule has 0 heterocycles. The molecule has 10 heavy (non-hydrogen) atoms. The highest BCUT2D eigenvalue weighted by Crippen LogP contribution is 2.14. The van der Waals surface area contributed by atoms with E-state index in [1.807, 2.05) is 19.1 Å². The lowest BCUT2D eigenvalue weighted by Crippen LogP contribution is -2.22. The smallest absolute Gasteiger partial charge is 0.0964 e. The topological polar surface area (TPSA) is 49.8 Å². The van der Waals surface area contributed by atoms with E-state index in [2.05, 4.69) is 6.07 Å². The van der Waals surface area contributed by atoms with Crippen molar-refractivity contribution < 1.29 is 0 Å². The van der Waals surface area contributed by atoms with Gasteiger partial charge in [-0.2, -0.15) is 5.26 Å². The SMILES string of the molecule is CC1=CCC(N)C(C#N)=C1. The number of hydrogen-bond donors (Lipinski definition) is 1. The maximum atomic E-state index is 8.55. The molecule has 2 nitrogen and oxygen atoms in total. The van der Waals surface area contributed by atoms with E-state index < -0.39 is 0 Å². The monoisotopic (exact) mass is 134 g/mol. The Morgan fingerprint density at radius 1 is 1.80 bits per heavy atom. The Hall–Kier alpha value is -1.07. The van der Waals surface area contributed by atoms with E-state index in [1.165, 1.54) is 0 Å². The van der Waals surface area contributed by atoms with Crippen molar-refractivity contribution in [2.75, 3.05) is 0 Å². The van der Waals surface area contributed by atoms with Crippen molar-refractivity contribution in [2.24, 2.45) is 5.73 Å². The molecule has 0 bridgehead atoms. The lowest BCUT2D eigenvalue weighted by atomic mass is 9.97. The van der Waals surface area contributed by atoms with E-state index in [1.54, 1.807) is 0 Å². The molecule has 0 fully saturated rings. The van der Waals surface area contributed by atoms with E-state index in [4.69, 9.17) is 11.0 Å². The molecule has 0 radical (unpaired) electrons. The minimum Gasteiger partial charge on any atom is -0.323 e. The second-order valence-corrected chi connectivity index (χ2v) is 2.50. The van der Waals surface area contributed by atoms with Crippen LogP contribution in [0.2, 0.25) is 0 Å². The number of rotatable bonds is 0. The fraction of sp³-hybridized carbons (Fsp3) is 0.375. The van der Waals surface area contributed by atoms with Gasteiger partial charge in [0.15, 0.2) is 0 Å². The first-order chi connectivity index (χ1) is 4.74. The summed E-state index contributed by atoms with van der Waals surface area (Å²) in [4.78, 5) is 0. The quantitative estimate of drug-likeness (QED) is 0.539. The molecule has 1 atom stereocenters. The zero-order valence-corrected chi connectivity index (χ0v) is 5.96. The first-order valence-electron chi connectivity index (χ1n) is 3.28. The number of allylic oxidation sites excluding steroid dienone is 2. The maximum Gasteiger partial charge on any atom is 0.0964 e. The molecule has 1 aliphatic carbocycles. The van der Waals surface area contributed by atoms with Gasteiger partial charge in [-0.3, -0.25) is 0 Å². The molecular formula is C8H10N2. The molecular weight excluding hydrogens is 124 g/mol. The number of nitriles is 1. The highest BCUT2D eigenvalue weighted by molar-refractivity contribution is 5.38. The van der Waals surface area contributed by atoms with Gasteiger partial charge in [-0.25, -0.2) is 0 Å². The van der Waals surface area contributed by atoms with E-state index in [0.717, 1.165) is 12.0 Å². The molecule has 52 valence electrons. The van der Waals surface area contributed by atoms with E-state index in [0.29, 0.717) is 5.57 Å². The van der Waals surface area contributed by atoms with Crippen LogP contribution in [0, 0.1) is 11.3 Å². The fourth-order valence-electron chi connectivity index (χ4n) is 0.966. The first kappa shape index (κ1) is 7.04. The molecule has 0 aliphatic heterocycles. The largest absolute Gasteiger partial charge is 0.323 e. The summed E-state index contributed by atoms with van der Waals surface area (Å²) in [5, 5.41) is 8.55. The van der Waals surface area contributed by atoms with Gasteiger partial charge < -0.3 is 5.73 Å². The molecule has 0 aromatic rings. The summed E-state index contributed by atoms with van der Waals surface area (Å²) in [6.45, 7) is 1.98. The van der Waals surface area contributed by atoms with Crippen LogP contribution in [0.5, 0.6) is 0 Å². The number of nitrogens with two attached hydrogens (primary N) is 1. The lowest BCUT2D eigenvalue weighted by Gasteiger charge is -2.12. The molecule has 0 spiro atoms. The van der Waals surface area contributed by atoms with Crippen LogP contribution < -0.4 is 5.73 Å². The summed E-state index contributed by atoms with van der Waals surface area (Å²) in [5.74, 6) is 0. The number of nitrogens with zero attached hydrogens (tertiary/aromatic N) is 1. The molecule has 1 aliphatic rings. The van der Waals surface area contributed by atoms with E-state index in [9.17, 15) is 0 Å². The average Bonchev–Trinajstić information content (AvgIpc) is 1.94. The van der Waals surface area contributed by atoms with Crippen molar-refractivity contribution >= 4 is 0 Å². The predicted molar refractivity (Wildman–Crippen MR) is 40.0 cm³/mol. The zero-order chi connectivity index (χ0) is 7.56. The molecule has 0 aromatic heterocycles. The summed E-state index contributed by atoms with van der Waals surface area (Å²) in [7, 11) is 0. The minimum absolute atomic E-state index is 0.0753. The molecule has 0 saturated heterocycles. The summed E-state index contributed by atoms with van der Waals surface area (Å²) >= 11 is 0. The van der Waals surface area contributed by atoms with Gasteiger partial charge in [0.05, 0.1) is 6.07 Å². The second-order valence-electron chi connectivity index (χ2n) is 2.50. The van der Waals surface area contributed by atoms with Crippen molar-refractivity contribution in [3.8, 4) is 6.07 Å². The molecule has 1 unspecified atom stereocenters. The van der Waals surface area contributed by atoms with Gasteiger partial charge in [0.25, 0.3) is 0 Å². The van der Waals surface area contributed by atoms with Crippen LogP contribution in [0.4, 0.5) is 0 Å². The van der Waals surface area contributed by atoms with Crippen LogP contribution in [0.25, 0.3) is 0 Å². The summed E-state index contributed by atoms with van der Waals surface area (Å²) in [6, 6.07) is 2.00. The lowest BCUT2D eigenvalue weighted by molar-refractivity contribution is 0.789. The van der Waals surface area contributed by atoms with Crippen LogP contribution in [0.15, 0.2) is 23.3 Å². The van der Waals surface area contributed by atoms with Crippen molar-refractivity contribution in [3.63, 3.8) is 0 Å². The summed E-state index contributed by atoms with van der Waals surface area (Å²) in [6.07, 6.45) is 4.69. The third-order valence-corrected chi connectivity index (χ3v) is 1.61. The van der Waals surface area contributed by atoms with Crippen molar-refractivity contribution in [1.82, 2.24) is 0 Å². The van der Waals surface area contributed by atoms with Gasteiger partial charge in [0.2, 0.25) is 0 Å². The second kappa shape index (κ2) is 2.68. The van der Waals surface area contributed by atoms with Gasteiger partial charge in [-0.15, -0.1) is 0 Å². The molecule has 0 amide bonds. The Morgan fingerprint density at radius 3 is 3.00 bits per heavy atom. The summed E-state index contributed by atoms with van der Waals surface area (Å²) < 4.78 is 0. The highest BCUT2D eigenvalue weighted by atomic mass is 14.6. The van der Waals surface area contributed by atoms with Crippen LogP contribution >= 0.6 is 0 Å². The zero-order valence-electron chi connectivity index (χ0n) is 5.96. The third kappa shape index (κ3) is 1.26. The molecule has 2 heteroatoms. The molecule has 1 rings (SSSR count). The van der Waals surface area contributed by atoms with Crippen molar-refractivity contribution in [2.45, 2.75) is 19.4 Å². The fourth-order valence-corrected chi connectivity index (χ4v) is 0.966. The Kier molecular flexibility index (Phi) is 1.88. The Balaban J connectivity index is 2.86. The standard InChI is InChI=1S/C8H10N2/c1-6-2-3-8(10)7(4-6)5-9/h2,4,8H,3,10H2,1H3. The Morgan fingerprint density at radius 2 is 2.50 bits per heavy atom. The van der Waals surface area contributed by atoms with Crippen molar-refractivity contribution in [1.29, 1.82) is 5.26 Å². The normalized spacial score (nSPS) is 24.7. The van der Waals surface area contributed by atoms with Crippen LogP contribution in [-0.4, -0.2) is 6.04 Å². The van der Waals surface area contributed by atoms with Gasteiger partial charge >= 0.3 is 0 Å². The van der Waals surface area contributed by atoms with Gasteiger partial charge in [0.1, 0.15) is 0 Å². The molecule has 2 N–H and O–H groups in total.